The summed E-state index contributed by atoms with van der Waals surface area (Å²) < 4.78 is 5.49. The van der Waals surface area contributed by atoms with Crippen LogP contribution < -0.4 is 0 Å². The predicted octanol–water partition coefficient (Wildman–Crippen LogP) is 5.11. The summed E-state index contributed by atoms with van der Waals surface area (Å²) in [7, 11) is 0. The van der Waals surface area contributed by atoms with Crippen molar-refractivity contribution in [2.75, 3.05) is 26.3 Å². The first-order valence-corrected chi connectivity index (χ1v) is 11.5. The number of hydrogen-bond donors (Lipinski definition) is 0. The number of benzene rings is 3. The Bertz CT molecular complexity index is 1020. The molecule has 4 rings (SSSR count). The van der Waals surface area contributed by atoms with Crippen LogP contribution in [0.1, 0.15) is 29.0 Å². The minimum absolute atomic E-state index is 0.0978. The minimum Gasteiger partial charge on any atom is -0.378 e. The van der Waals surface area contributed by atoms with Crippen molar-refractivity contribution in [1.29, 1.82) is 0 Å². The van der Waals surface area contributed by atoms with Gasteiger partial charge in [0.1, 0.15) is 0 Å². The van der Waals surface area contributed by atoms with Crippen molar-refractivity contribution >= 4 is 11.6 Å². The number of carbonyl (C=O) groups excluding carboxylic acids is 1. The molecule has 0 aliphatic carbocycles. The molecule has 0 bridgehead atoms. The molecule has 168 valence electrons. The highest BCUT2D eigenvalue weighted by molar-refractivity contribution is 6.13. The molecule has 0 aromatic heterocycles. The molecular formula is C29H30N2O2. The van der Waals surface area contributed by atoms with E-state index >= 15 is 0 Å². The standard InChI is InChI=1S/C29H30N2O2/c1-2-12-26(30-28(24-15-8-4-9-16-24)25-17-10-5-11-18-25)27(23-13-6-3-7-14-23)29(32)31-19-21-33-22-20-31/h2-11,13-18,26-27H,1,12,19-22H2/t26-,27+/m0/s1. The summed E-state index contributed by atoms with van der Waals surface area (Å²) in [5, 5.41) is 0. The van der Waals surface area contributed by atoms with Crippen molar-refractivity contribution in [3.63, 3.8) is 0 Å². The molecule has 0 saturated carbocycles. The Morgan fingerprint density at radius 2 is 1.39 bits per heavy atom. The summed E-state index contributed by atoms with van der Waals surface area (Å²) in [6, 6.07) is 30.1. The maximum atomic E-state index is 13.8. The van der Waals surface area contributed by atoms with Gasteiger partial charge in [-0.2, -0.15) is 0 Å². The van der Waals surface area contributed by atoms with Crippen molar-refractivity contribution in [3.8, 4) is 0 Å². The lowest BCUT2D eigenvalue weighted by Crippen LogP contribution is -2.45. The molecule has 33 heavy (non-hydrogen) atoms. The lowest BCUT2D eigenvalue weighted by atomic mass is 9.87. The van der Waals surface area contributed by atoms with E-state index in [1.165, 1.54) is 0 Å². The Morgan fingerprint density at radius 1 is 0.879 bits per heavy atom. The van der Waals surface area contributed by atoms with Gasteiger partial charge in [0, 0.05) is 24.2 Å². The molecule has 2 atom stereocenters. The molecule has 1 saturated heterocycles. The molecule has 0 radical (unpaired) electrons. The van der Waals surface area contributed by atoms with Gasteiger partial charge in [0.25, 0.3) is 0 Å². The Morgan fingerprint density at radius 3 is 1.91 bits per heavy atom. The van der Waals surface area contributed by atoms with Crippen molar-refractivity contribution in [2.24, 2.45) is 4.99 Å². The van der Waals surface area contributed by atoms with Gasteiger partial charge in [-0.1, -0.05) is 97.1 Å². The maximum absolute atomic E-state index is 13.8. The molecule has 1 amide bonds. The third-order valence-electron chi connectivity index (χ3n) is 5.93. The van der Waals surface area contributed by atoms with E-state index in [4.69, 9.17) is 9.73 Å². The average molecular weight is 439 g/mol. The molecule has 4 nitrogen and oxygen atoms in total. The Hall–Kier alpha value is -3.50. The van der Waals surface area contributed by atoms with Gasteiger partial charge < -0.3 is 9.64 Å². The molecule has 1 aliphatic heterocycles. The third-order valence-corrected chi connectivity index (χ3v) is 5.93. The van der Waals surface area contributed by atoms with Gasteiger partial charge in [0.2, 0.25) is 5.91 Å². The second-order valence-corrected chi connectivity index (χ2v) is 8.13. The smallest absolute Gasteiger partial charge is 0.232 e. The van der Waals surface area contributed by atoms with Crippen LogP contribution in [0, 0.1) is 0 Å². The highest BCUT2D eigenvalue weighted by Crippen LogP contribution is 2.29. The highest BCUT2D eigenvalue weighted by Gasteiger charge is 2.33. The first kappa shape index (κ1) is 22.7. The molecule has 0 N–H and O–H groups in total. The number of morpholine rings is 1. The quantitative estimate of drug-likeness (QED) is 0.362. The maximum Gasteiger partial charge on any atom is 0.232 e. The van der Waals surface area contributed by atoms with E-state index < -0.39 is 5.92 Å². The molecule has 1 aliphatic rings. The second kappa shape index (κ2) is 11.4. The van der Waals surface area contributed by atoms with E-state index in [-0.39, 0.29) is 11.9 Å². The van der Waals surface area contributed by atoms with E-state index in [2.05, 4.69) is 30.8 Å². The molecule has 3 aromatic carbocycles. The van der Waals surface area contributed by atoms with Crippen LogP contribution in [0.3, 0.4) is 0 Å². The monoisotopic (exact) mass is 438 g/mol. The molecular weight excluding hydrogens is 408 g/mol. The van der Waals surface area contributed by atoms with Gasteiger partial charge in [-0.25, -0.2) is 0 Å². The van der Waals surface area contributed by atoms with Gasteiger partial charge >= 0.3 is 0 Å². The second-order valence-electron chi connectivity index (χ2n) is 8.13. The number of carbonyl (C=O) groups is 1. The molecule has 4 heteroatoms. The van der Waals surface area contributed by atoms with Crippen LogP contribution in [0.25, 0.3) is 0 Å². The normalized spacial score (nSPS) is 15.3. The van der Waals surface area contributed by atoms with E-state index in [1.54, 1.807) is 0 Å². The van der Waals surface area contributed by atoms with Gasteiger partial charge in [-0.05, 0) is 12.0 Å². The predicted molar refractivity (Wildman–Crippen MR) is 134 cm³/mol. The zero-order chi connectivity index (χ0) is 22.9. The van der Waals surface area contributed by atoms with E-state index in [1.807, 2.05) is 77.7 Å². The zero-order valence-corrected chi connectivity index (χ0v) is 18.8. The van der Waals surface area contributed by atoms with E-state index in [0.717, 1.165) is 22.4 Å². The SMILES string of the molecule is C=CC[C@H](N=C(c1ccccc1)c1ccccc1)[C@H](C(=O)N1CCOCC1)c1ccccc1. The third kappa shape index (κ3) is 5.65. The fourth-order valence-corrected chi connectivity index (χ4v) is 4.28. The van der Waals surface area contributed by atoms with Crippen LogP contribution >= 0.6 is 0 Å². The van der Waals surface area contributed by atoms with Crippen LogP contribution in [0.2, 0.25) is 0 Å². The number of aliphatic imine (C=N–C) groups is 1. The Labute approximate surface area is 196 Å². The summed E-state index contributed by atoms with van der Waals surface area (Å²) in [6.45, 7) is 6.35. The van der Waals surface area contributed by atoms with Crippen LogP contribution in [-0.4, -0.2) is 48.9 Å². The van der Waals surface area contributed by atoms with Crippen LogP contribution in [-0.2, 0) is 9.53 Å². The van der Waals surface area contributed by atoms with Crippen LogP contribution in [0.15, 0.2) is 109 Å². The highest BCUT2D eigenvalue weighted by atomic mass is 16.5. The van der Waals surface area contributed by atoms with E-state index in [9.17, 15) is 4.79 Å². The number of hydrogen-bond acceptors (Lipinski definition) is 3. The lowest BCUT2D eigenvalue weighted by molar-refractivity contribution is -0.137. The number of rotatable bonds is 8. The Kier molecular flexibility index (Phi) is 7.83. The van der Waals surface area contributed by atoms with Gasteiger partial charge in [-0.3, -0.25) is 9.79 Å². The summed E-state index contributed by atoms with van der Waals surface area (Å²) in [4.78, 5) is 21.0. The number of ether oxygens (including phenoxy) is 1. The summed E-state index contributed by atoms with van der Waals surface area (Å²) in [5.41, 5.74) is 3.93. The largest absolute Gasteiger partial charge is 0.378 e. The first-order valence-electron chi connectivity index (χ1n) is 11.5. The van der Waals surface area contributed by atoms with Gasteiger partial charge in [-0.15, -0.1) is 6.58 Å². The molecule has 0 spiro atoms. The first-order chi connectivity index (χ1) is 16.3. The van der Waals surface area contributed by atoms with Crippen molar-refractivity contribution in [3.05, 3.63) is 120 Å². The van der Waals surface area contributed by atoms with Crippen molar-refractivity contribution in [1.82, 2.24) is 4.90 Å². The molecule has 3 aromatic rings. The lowest BCUT2D eigenvalue weighted by Gasteiger charge is -2.33. The van der Waals surface area contributed by atoms with E-state index in [0.29, 0.717) is 32.7 Å². The molecule has 1 fully saturated rings. The Balaban J connectivity index is 1.81. The van der Waals surface area contributed by atoms with Crippen molar-refractivity contribution in [2.45, 2.75) is 18.4 Å². The number of nitrogens with zero attached hydrogens (tertiary/aromatic N) is 2. The zero-order valence-electron chi connectivity index (χ0n) is 18.8. The molecule has 1 heterocycles. The van der Waals surface area contributed by atoms with Gasteiger partial charge in [0.15, 0.2) is 0 Å². The summed E-state index contributed by atoms with van der Waals surface area (Å²) >= 11 is 0. The molecule has 0 unspecified atom stereocenters. The van der Waals surface area contributed by atoms with Crippen molar-refractivity contribution < 1.29 is 9.53 Å². The fraction of sp³-hybridized carbons (Fsp3) is 0.241. The minimum atomic E-state index is -0.398. The summed E-state index contributed by atoms with van der Waals surface area (Å²) in [6.07, 6.45) is 2.46. The fourth-order valence-electron chi connectivity index (χ4n) is 4.28. The topological polar surface area (TPSA) is 41.9 Å². The van der Waals surface area contributed by atoms with Gasteiger partial charge in [0.05, 0.1) is 30.9 Å². The number of amides is 1. The van der Waals surface area contributed by atoms with Crippen LogP contribution in [0.5, 0.6) is 0 Å². The average Bonchev–Trinajstić information content (AvgIpc) is 2.89. The summed E-state index contributed by atoms with van der Waals surface area (Å²) in [5.74, 6) is -0.301. The van der Waals surface area contributed by atoms with Crippen LogP contribution in [0.4, 0.5) is 0 Å².